The van der Waals surface area contributed by atoms with E-state index in [1.54, 1.807) is 0 Å². The maximum atomic E-state index is 8.76. The van der Waals surface area contributed by atoms with Gasteiger partial charge in [0.15, 0.2) is 0 Å². The molecular weight excluding hydrogens is 180 g/mol. The topological polar surface area (TPSA) is 54.3 Å². The lowest BCUT2D eigenvalue weighted by molar-refractivity contribution is 0.0396. The van der Waals surface area contributed by atoms with Crippen molar-refractivity contribution in [3.63, 3.8) is 0 Å². The van der Waals surface area contributed by atoms with Gasteiger partial charge in [0.1, 0.15) is 0 Å². The van der Waals surface area contributed by atoms with Crippen molar-refractivity contribution in [1.29, 1.82) is 5.26 Å². The van der Waals surface area contributed by atoms with Gasteiger partial charge in [-0.25, -0.2) is 0 Å². The molecule has 0 amide bonds. The lowest BCUT2D eigenvalue weighted by atomic mass is 10.2. The Bertz CT molecular complexity index is 185. The lowest BCUT2D eigenvalue weighted by Gasteiger charge is -2.12. The molecule has 0 bridgehead atoms. The highest BCUT2D eigenvalue weighted by Gasteiger charge is 2.16. The van der Waals surface area contributed by atoms with Gasteiger partial charge in [0.25, 0.3) is 0 Å². The van der Waals surface area contributed by atoms with Gasteiger partial charge in [-0.15, -0.1) is 0 Å². The second kappa shape index (κ2) is 6.77. The summed E-state index contributed by atoms with van der Waals surface area (Å²) in [7, 11) is 0. The predicted octanol–water partition coefficient (Wildman–Crippen LogP) is 0.684. The number of hydrogen-bond donors (Lipinski definition) is 1. The van der Waals surface area contributed by atoms with Gasteiger partial charge in [0.05, 0.1) is 24.8 Å². The standard InChI is InChI=1S/C10H18N2O2/c1-2-12-9(7-11)3-6-14-10-4-5-13-8-10/h9-10,12H,2-6,8H2,1H3. The number of nitrogens with one attached hydrogen (secondary N) is 1. The zero-order chi connectivity index (χ0) is 10.2. The molecule has 4 heteroatoms. The van der Waals surface area contributed by atoms with Crippen LogP contribution in [0.5, 0.6) is 0 Å². The zero-order valence-electron chi connectivity index (χ0n) is 8.66. The Labute approximate surface area is 85.2 Å². The van der Waals surface area contributed by atoms with E-state index in [1.807, 2.05) is 6.92 Å². The summed E-state index contributed by atoms with van der Waals surface area (Å²) in [5.41, 5.74) is 0. The molecule has 1 rings (SSSR count). The van der Waals surface area contributed by atoms with Gasteiger partial charge in [-0.1, -0.05) is 6.92 Å². The first kappa shape index (κ1) is 11.4. The molecule has 0 spiro atoms. The normalized spacial score (nSPS) is 23.3. The maximum Gasteiger partial charge on any atom is 0.0974 e. The van der Waals surface area contributed by atoms with Crippen LogP contribution in [0.25, 0.3) is 0 Å². The summed E-state index contributed by atoms with van der Waals surface area (Å²) in [6, 6.07) is 2.12. The fourth-order valence-corrected chi connectivity index (χ4v) is 1.46. The van der Waals surface area contributed by atoms with E-state index in [9.17, 15) is 0 Å². The molecule has 4 nitrogen and oxygen atoms in total. The highest BCUT2D eigenvalue weighted by atomic mass is 16.5. The van der Waals surface area contributed by atoms with Crippen molar-refractivity contribution in [2.24, 2.45) is 0 Å². The molecule has 2 unspecified atom stereocenters. The molecule has 0 radical (unpaired) electrons. The summed E-state index contributed by atoms with van der Waals surface area (Å²) in [6.07, 6.45) is 1.98. The molecule has 0 aromatic heterocycles. The van der Waals surface area contributed by atoms with Crippen molar-refractivity contribution >= 4 is 0 Å². The van der Waals surface area contributed by atoms with Crippen LogP contribution in [0.4, 0.5) is 0 Å². The van der Waals surface area contributed by atoms with Crippen LogP contribution in [-0.4, -0.2) is 38.5 Å². The molecule has 80 valence electrons. The van der Waals surface area contributed by atoms with Crippen molar-refractivity contribution in [2.75, 3.05) is 26.4 Å². The van der Waals surface area contributed by atoms with Gasteiger partial charge in [-0.3, -0.25) is 0 Å². The van der Waals surface area contributed by atoms with E-state index in [4.69, 9.17) is 14.7 Å². The molecule has 0 aliphatic carbocycles. The number of nitriles is 1. The molecule has 2 atom stereocenters. The minimum atomic E-state index is -0.0812. The van der Waals surface area contributed by atoms with Crippen LogP contribution < -0.4 is 5.32 Å². The smallest absolute Gasteiger partial charge is 0.0974 e. The summed E-state index contributed by atoms with van der Waals surface area (Å²) in [5.74, 6) is 0. The van der Waals surface area contributed by atoms with E-state index >= 15 is 0 Å². The third-order valence-corrected chi connectivity index (χ3v) is 2.25. The summed E-state index contributed by atoms with van der Waals surface area (Å²) in [5, 5.41) is 11.8. The van der Waals surface area contributed by atoms with Crippen LogP contribution in [0.15, 0.2) is 0 Å². The minimum Gasteiger partial charge on any atom is -0.379 e. The van der Waals surface area contributed by atoms with E-state index in [2.05, 4.69) is 11.4 Å². The van der Waals surface area contributed by atoms with Gasteiger partial charge < -0.3 is 14.8 Å². The Morgan fingerprint density at radius 2 is 2.57 bits per heavy atom. The third-order valence-electron chi connectivity index (χ3n) is 2.25. The van der Waals surface area contributed by atoms with Crippen LogP contribution in [0.3, 0.4) is 0 Å². The molecular formula is C10H18N2O2. The Morgan fingerprint density at radius 1 is 1.71 bits per heavy atom. The van der Waals surface area contributed by atoms with Gasteiger partial charge in [-0.05, 0) is 19.4 Å². The van der Waals surface area contributed by atoms with Crippen molar-refractivity contribution in [3.8, 4) is 6.07 Å². The van der Waals surface area contributed by atoms with Crippen LogP contribution in [0.2, 0.25) is 0 Å². The monoisotopic (exact) mass is 198 g/mol. The van der Waals surface area contributed by atoms with Gasteiger partial charge in [-0.2, -0.15) is 5.26 Å². The molecule has 1 aliphatic heterocycles. The highest BCUT2D eigenvalue weighted by Crippen LogP contribution is 2.08. The Balaban J connectivity index is 2.04. The molecule has 0 aromatic carbocycles. The lowest BCUT2D eigenvalue weighted by Crippen LogP contribution is -2.29. The molecule has 1 aliphatic rings. The highest BCUT2D eigenvalue weighted by molar-refractivity contribution is 4.88. The first-order valence-electron chi connectivity index (χ1n) is 5.19. The fraction of sp³-hybridized carbons (Fsp3) is 0.900. The molecule has 1 saturated heterocycles. The van der Waals surface area contributed by atoms with E-state index in [0.29, 0.717) is 13.2 Å². The fourth-order valence-electron chi connectivity index (χ4n) is 1.46. The summed E-state index contributed by atoms with van der Waals surface area (Å²) in [4.78, 5) is 0. The van der Waals surface area contributed by atoms with E-state index < -0.39 is 0 Å². The van der Waals surface area contributed by atoms with Gasteiger partial charge >= 0.3 is 0 Å². The van der Waals surface area contributed by atoms with Crippen molar-refractivity contribution in [3.05, 3.63) is 0 Å². The van der Waals surface area contributed by atoms with E-state index in [1.165, 1.54) is 0 Å². The first-order chi connectivity index (χ1) is 6.86. The number of ether oxygens (including phenoxy) is 2. The molecule has 14 heavy (non-hydrogen) atoms. The average Bonchev–Trinajstić information content (AvgIpc) is 2.69. The maximum absolute atomic E-state index is 8.76. The Morgan fingerprint density at radius 3 is 3.14 bits per heavy atom. The largest absolute Gasteiger partial charge is 0.379 e. The van der Waals surface area contributed by atoms with Crippen molar-refractivity contribution in [2.45, 2.75) is 31.9 Å². The predicted molar refractivity (Wildman–Crippen MR) is 52.9 cm³/mol. The van der Waals surface area contributed by atoms with Gasteiger partial charge in [0.2, 0.25) is 0 Å². The molecule has 1 N–H and O–H groups in total. The van der Waals surface area contributed by atoms with Crippen LogP contribution in [0, 0.1) is 11.3 Å². The number of nitrogens with zero attached hydrogens (tertiary/aromatic N) is 1. The molecule has 0 aromatic rings. The average molecular weight is 198 g/mol. The van der Waals surface area contributed by atoms with Crippen LogP contribution in [-0.2, 0) is 9.47 Å². The summed E-state index contributed by atoms with van der Waals surface area (Å²) < 4.78 is 10.7. The second-order valence-corrected chi connectivity index (χ2v) is 3.38. The van der Waals surface area contributed by atoms with Crippen molar-refractivity contribution in [1.82, 2.24) is 5.32 Å². The van der Waals surface area contributed by atoms with Crippen molar-refractivity contribution < 1.29 is 9.47 Å². The SMILES string of the molecule is CCNC(C#N)CCOC1CCOC1. The molecule has 0 saturated carbocycles. The molecule has 1 fully saturated rings. The van der Waals surface area contributed by atoms with Crippen LogP contribution in [0.1, 0.15) is 19.8 Å². The quantitative estimate of drug-likeness (QED) is 0.682. The van der Waals surface area contributed by atoms with E-state index in [0.717, 1.165) is 26.0 Å². The minimum absolute atomic E-state index is 0.0812. The van der Waals surface area contributed by atoms with Gasteiger partial charge in [0, 0.05) is 13.2 Å². The Hall–Kier alpha value is -0.630. The summed E-state index contributed by atoms with van der Waals surface area (Å²) >= 11 is 0. The first-order valence-corrected chi connectivity index (χ1v) is 5.19. The number of rotatable bonds is 6. The van der Waals surface area contributed by atoms with Crippen LogP contribution >= 0.6 is 0 Å². The molecule has 1 heterocycles. The summed E-state index contributed by atoms with van der Waals surface area (Å²) in [6.45, 7) is 4.97. The third kappa shape index (κ3) is 4.05. The number of hydrogen-bond acceptors (Lipinski definition) is 4. The Kier molecular flexibility index (Phi) is 5.53. The second-order valence-electron chi connectivity index (χ2n) is 3.38. The zero-order valence-corrected chi connectivity index (χ0v) is 8.66. The van der Waals surface area contributed by atoms with E-state index in [-0.39, 0.29) is 12.1 Å².